The molecule has 4 aromatic heterocycles. The normalized spacial score (nSPS) is 14.7. The fourth-order valence-electron chi connectivity index (χ4n) is 3.42. The van der Waals surface area contributed by atoms with E-state index in [2.05, 4.69) is 25.4 Å². The van der Waals surface area contributed by atoms with E-state index in [0.717, 1.165) is 12.3 Å². The van der Waals surface area contributed by atoms with Crippen LogP contribution in [-0.4, -0.2) is 44.6 Å². The van der Waals surface area contributed by atoms with Crippen LogP contribution in [0.3, 0.4) is 0 Å². The fourth-order valence-corrected chi connectivity index (χ4v) is 4.42. The first-order valence-corrected chi connectivity index (χ1v) is 11.8. The Hall–Kier alpha value is -3.22. The lowest BCUT2D eigenvalue weighted by molar-refractivity contribution is -0.137. The lowest BCUT2D eigenvalue weighted by atomic mass is 10.1. The van der Waals surface area contributed by atoms with Gasteiger partial charge >= 0.3 is 6.18 Å². The number of hydrogen-bond donors (Lipinski definition) is 2. The van der Waals surface area contributed by atoms with Crippen molar-refractivity contribution in [2.75, 3.05) is 11.1 Å². The zero-order valence-corrected chi connectivity index (χ0v) is 19.5. The first-order chi connectivity index (χ1) is 15.2. The molecule has 0 bridgehead atoms. The van der Waals surface area contributed by atoms with Crippen LogP contribution in [0.4, 0.5) is 19.0 Å². The first-order valence-electron chi connectivity index (χ1n) is 10.1. The van der Waals surface area contributed by atoms with Gasteiger partial charge in [-0.15, -0.1) is 0 Å². The minimum atomic E-state index is -4.57. The summed E-state index contributed by atoms with van der Waals surface area (Å²) in [4.78, 5) is 12.7. The van der Waals surface area contributed by atoms with Crippen molar-refractivity contribution in [1.82, 2.24) is 29.1 Å². The maximum absolute atomic E-state index is 13.2. The number of aryl methyl sites for hydroxylation is 1. The van der Waals surface area contributed by atoms with Gasteiger partial charge in [0.1, 0.15) is 17.2 Å². The molecule has 4 heterocycles. The molecular weight excluding hydrogens is 457 g/mol. The van der Waals surface area contributed by atoms with Crippen molar-refractivity contribution in [1.29, 1.82) is 4.78 Å². The predicted octanol–water partition coefficient (Wildman–Crippen LogP) is 4.33. The monoisotopic (exact) mass is 480 g/mol. The van der Waals surface area contributed by atoms with E-state index in [1.165, 1.54) is 9.08 Å². The van der Waals surface area contributed by atoms with E-state index in [4.69, 9.17) is 4.78 Å². The van der Waals surface area contributed by atoms with Gasteiger partial charge in [-0.25, -0.2) is 23.9 Å². The van der Waals surface area contributed by atoms with Gasteiger partial charge in [0, 0.05) is 30.7 Å². The molecule has 4 aromatic rings. The number of aromatic nitrogens is 6. The number of pyridine rings is 1. The number of halogens is 3. The molecule has 0 fully saturated rings. The first kappa shape index (κ1) is 23.0. The second-order valence-corrected chi connectivity index (χ2v) is 11.0. The van der Waals surface area contributed by atoms with Gasteiger partial charge in [0.25, 0.3) is 0 Å². The number of anilines is 1. The van der Waals surface area contributed by atoms with Crippen molar-refractivity contribution >= 4 is 32.4 Å². The molecule has 4 rings (SSSR count). The van der Waals surface area contributed by atoms with Crippen molar-refractivity contribution in [2.45, 2.75) is 44.4 Å². The maximum atomic E-state index is 13.2. The minimum Gasteiger partial charge on any atom is -0.365 e. The molecular formula is C20H23F3N8OS. The van der Waals surface area contributed by atoms with Gasteiger partial charge in [-0.3, -0.25) is 0 Å². The van der Waals surface area contributed by atoms with Gasteiger partial charge in [-0.05, 0) is 32.9 Å². The Morgan fingerprint density at radius 1 is 1.18 bits per heavy atom. The Bertz CT molecular complexity index is 1480. The van der Waals surface area contributed by atoms with Gasteiger partial charge in [-0.1, -0.05) is 6.92 Å². The van der Waals surface area contributed by atoms with Crippen LogP contribution in [-0.2, 0) is 23.0 Å². The molecule has 0 saturated heterocycles. The number of alkyl halides is 3. The number of rotatable bonds is 4. The molecule has 0 radical (unpaired) electrons. The highest BCUT2D eigenvalue weighted by Gasteiger charge is 2.33. The number of fused-ring (bicyclic) bond motifs is 2. The van der Waals surface area contributed by atoms with Gasteiger partial charge in [0.2, 0.25) is 0 Å². The van der Waals surface area contributed by atoms with Gasteiger partial charge < -0.3 is 9.88 Å². The quantitative estimate of drug-likeness (QED) is 0.449. The lowest BCUT2D eigenvalue weighted by Crippen LogP contribution is -2.27. The minimum absolute atomic E-state index is 0.00761. The summed E-state index contributed by atoms with van der Waals surface area (Å²) < 4.78 is 64.1. The van der Waals surface area contributed by atoms with Crippen LogP contribution in [0.5, 0.6) is 0 Å². The van der Waals surface area contributed by atoms with E-state index < -0.39 is 21.5 Å². The SMILES string of the molecule is CCS(=N)(=O)c1nn2c(NC(C)(C)C)ccnc2c1-c1nc2cc(C(F)(F)F)cnc2n1C. The van der Waals surface area contributed by atoms with Gasteiger partial charge in [0.05, 0.1) is 20.9 Å². The summed E-state index contributed by atoms with van der Waals surface area (Å²) in [6.07, 6.45) is -2.28. The van der Waals surface area contributed by atoms with Gasteiger partial charge in [0.15, 0.2) is 16.3 Å². The van der Waals surface area contributed by atoms with Crippen LogP contribution in [0.1, 0.15) is 33.3 Å². The molecule has 1 atom stereocenters. The summed E-state index contributed by atoms with van der Waals surface area (Å²) in [5, 5.41) is 7.72. The molecule has 0 aliphatic heterocycles. The van der Waals surface area contributed by atoms with E-state index in [-0.39, 0.29) is 44.5 Å². The topological polar surface area (TPSA) is 114 Å². The highest BCUT2D eigenvalue weighted by atomic mass is 32.2. The second-order valence-electron chi connectivity index (χ2n) is 8.64. The zero-order chi connectivity index (χ0) is 24.3. The largest absolute Gasteiger partial charge is 0.417 e. The van der Waals surface area contributed by atoms with E-state index in [0.29, 0.717) is 5.82 Å². The fraction of sp³-hybridized carbons (Fsp3) is 0.400. The van der Waals surface area contributed by atoms with E-state index in [1.807, 2.05) is 20.8 Å². The highest BCUT2D eigenvalue weighted by Crippen LogP contribution is 2.35. The molecule has 176 valence electrons. The van der Waals surface area contributed by atoms with Crippen LogP contribution in [0.15, 0.2) is 29.6 Å². The standard InChI is InChI=1S/C20H23F3N8OS/c1-6-33(24,32)18-14(16-25-8-7-13(31(16)29-18)28-19(2,3)4)17-27-12-9-11(20(21,22)23)10-26-15(12)30(17)5/h7-10,24,28H,6H2,1-5H3. The smallest absolute Gasteiger partial charge is 0.365 e. The molecule has 0 amide bonds. The van der Waals surface area contributed by atoms with E-state index in [1.54, 1.807) is 26.2 Å². The van der Waals surface area contributed by atoms with Crippen molar-refractivity contribution < 1.29 is 17.4 Å². The van der Waals surface area contributed by atoms with E-state index >= 15 is 0 Å². The lowest BCUT2D eigenvalue weighted by Gasteiger charge is -2.22. The molecule has 1 unspecified atom stereocenters. The third-order valence-corrected chi connectivity index (χ3v) is 6.69. The van der Waals surface area contributed by atoms with Crippen molar-refractivity contribution in [2.24, 2.45) is 7.05 Å². The van der Waals surface area contributed by atoms with Crippen LogP contribution in [0.2, 0.25) is 0 Å². The van der Waals surface area contributed by atoms with Gasteiger partial charge in [-0.2, -0.15) is 22.8 Å². The van der Waals surface area contributed by atoms with Crippen LogP contribution >= 0.6 is 0 Å². The third-order valence-electron chi connectivity index (χ3n) is 4.97. The molecule has 0 aliphatic carbocycles. The molecule has 0 spiro atoms. The number of nitrogens with zero attached hydrogens (tertiary/aromatic N) is 6. The average Bonchev–Trinajstić information content (AvgIpc) is 3.25. The van der Waals surface area contributed by atoms with Crippen LogP contribution in [0.25, 0.3) is 28.2 Å². The second kappa shape index (κ2) is 7.40. The number of imidazole rings is 1. The van der Waals surface area contributed by atoms with Crippen LogP contribution in [0, 0.1) is 4.78 Å². The maximum Gasteiger partial charge on any atom is 0.417 e. The summed E-state index contributed by atoms with van der Waals surface area (Å²) >= 11 is 0. The molecule has 2 N–H and O–H groups in total. The Labute approximate surface area is 188 Å². The molecule has 13 heteroatoms. The Morgan fingerprint density at radius 2 is 1.88 bits per heavy atom. The van der Waals surface area contributed by atoms with Crippen molar-refractivity contribution in [3.8, 4) is 11.4 Å². The van der Waals surface area contributed by atoms with E-state index in [9.17, 15) is 17.4 Å². The Kier molecular flexibility index (Phi) is 5.15. The summed E-state index contributed by atoms with van der Waals surface area (Å²) in [5.74, 6) is 0.727. The third kappa shape index (κ3) is 4.01. The molecule has 0 aliphatic rings. The Morgan fingerprint density at radius 3 is 2.48 bits per heavy atom. The summed E-state index contributed by atoms with van der Waals surface area (Å²) in [6.45, 7) is 7.48. The molecule has 0 aromatic carbocycles. The summed E-state index contributed by atoms with van der Waals surface area (Å²) in [5.41, 5.74) is -0.522. The molecule has 9 nitrogen and oxygen atoms in total. The average molecular weight is 481 g/mol. The number of nitrogens with one attached hydrogen (secondary N) is 2. The molecule has 33 heavy (non-hydrogen) atoms. The molecule has 0 saturated carbocycles. The summed E-state index contributed by atoms with van der Waals surface area (Å²) in [7, 11) is -1.75. The summed E-state index contributed by atoms with van der Waals surface area (Å²) in [6, 6.07) is 2.61. The number of hydrogen-bond acceptors (Lipinski definition) is 7. The van der Waals surface area contributed by atoms with Crippen molar-refractivity contribution in [3.63, 3.8) is 0 Å². The predicted molar refractivity (Wildman–Crippen MR) is 119 cm³/mol. The van der Waals surface area contributed by atoms with Crippen molar-refractivity contribution in [3.05, 3.63) is 30.1 Å². The Balaban J connectivity index is 2.06. The highest BCUT2D eigenvalue weighted by molar-refractivity contribution is 7.92. The van der Waals surface area contributed by atoms with Crippen LogP contribution < -0.4 is 5.32 Å². The zero-order valence-electron chi connectivity index (χ0n) is 18.7.